The zero-order valence-electron chi connectivity index (χ0n) is 13.7. The lowest BCUT2D eigenvalue weighted by atomic mass is 10.1. The molecule has 7 heteroatoms. The van der Waals surface area contributed by atoms with E-state index in [-0.39, 0.29) is 36.8 Å². The highest BCUT2D eigenvalue weighted by molar-refractivity contribution is 5.85. The molecule has 1 saturated heterocycles. The molecule has 1 amide bonds. The largest absolute Gasteiger partial charge is 0.380 e. The summed E-state index contributed by atoms with van der Waals surface area (Å²) in [7, 11) is 1.60. The van der Waals surface area contributed by atoms with Crippen molar-refractivity contribution < 1.29 is 9.53 Å². The van der Waals surface area contributed by atoms with Crippen LogP contribution in [0, 0.1) is 6.92 Å². The van der Waals surface area contributed by atoms with Crippen LogP contribution in [0.4, 0.5) is 5.69 Å². The Balaban J connectivity index is 0.00000242. The van der Waals surface area contributed by atoms with E-state index in [1.807, 2.05) is 4.90 Å². The molecule has 1 aliphatic heterocycles. The molecule has 132 valence electrons. The molecule has 1 aromatic rings. The average Bonchev–Trinajstić information content (AvgIpc) is 2.52. The number of nitrogens with two attached hydrogens (primary N) is 1. The first-order chi connectivity index (χ1) is 10.1. The number of halogens is 2. The van der Waals surface area contributed by atoms with Crippen LogP contribution in [0.5, 0.6) is 0 Å². The summed E-state index contributed by atoms with van der Waals surface area (Å²) >= 11 is 0. The molecular weight excluding hydrogens is 337 g/mol. The van der Waals surface area contributed by atoms with Crippen LogP contribution in [0.15, 0.2) is 24.3 Å². The standard InChI is InChI=1S/C16H25N3O2.2ClH/c1-13-4-3-5-14(10-13)18-6-8-19(9-7-18)16(20)11-15(12-17)21-2;;/h3-5,10,15H,6-9,11-12,17H2,1-2H3;2*1H. The second-order valence-corrected chi connectivity index (χ2v) is 5.50. The maximum atomic E-state index is 12.2. The van der Waals surface area contributed by atoms with Crippen LogP contribution in [-0.2, 0) is 9.53 Å². The molecule has 0 saturated carbocycles. The van der Waals surface area contributed by atoms with Crippen molar-refractivity contribution in [2.45, 2.75) is 19.4 Å². The van der Waals surface area contributed by atoms with Crippen molar-refractivity contribution in [2.75, 3.05) is 44.7 Å². The molecule has 2 rings (SSSR count). The fourth-order valence-corrected chi connectivity index (χ4v) is 2.63. The van der Waals surface area contributed by atoms with Gasteiger partial charge in [0.15, 0.2) is 0 Å². The Morgan fingerprint density at radius 2 is 1.91 bits per heavy atom. The number of nitrogens with zero attached hydrogens (tertiary/aromatic N) is 2. The minimum absolute atomic E-state index is 0. The lowest BCUT2D eigenvalue weighted by Gasteiger charge is -2.36. The van der Waals surface area contributed by atoms with Crippen molar-refractivity contribution >= 4 is 36.4 Å². The molecule has 1 fully saturated rings. The van der Waals surface area contributed by atoms with Gasteiger partial charge in [-0.1, -0.05) is 12.1 Å². The number of benzene rings is 1. The molecule has 2 N–H and O–H groups in total. The maximum Gasteiger partial charge on any atom is 0.225 e. The first-order valence-electron chi connectivity index (χ1n) is 7.46. The fourth-order valence-electron chi connectivity index (χ4n) is 2.63. The minimum Gasteiger partial charge on any atom is -0.380 e. The van der Waals surface area contributed by atoms with Gasteiger partial charge in [0.1, 0.15) is 0 Å². The summed E-state index contributed by atoms with van der Waals surface area (Å²) in [6.07, 6.45) is 0.199. The highest BCUT2D eigenvalue weighted by Gasteiger charge is 2.23. The van der Waals surface area contributed by atoms with E-state index in [1.54, 1.807) is 7.11 Å². The Morgan fingerprint density at radius 3 is 2.43 bits per heavy atom. The normalized spacial score (nSPS) is 15.4. The molecule has 0 bridgehead atoms. The van der Waals surface area contributed by atoms with Gasteiger partial charge in [-0.25, -0.2) is 0 Å². The van der Waals surface area contributed by atoms with E-state index in [2.05, 4.69) is 36.1 Å². The van der Waals surface area contributed by atoms with Crippen LogP contribution in [0.2, 0.25) is 0 Å². The van der Waals surface area contributed by atoms with Crippen LogP contribution in [0.25, 0.3) is 0 Å². The van der Waals surface area contributed by atoms with Crippen LogP contribution >= 0.6 is 24.8 Å². The molecule has 0 aliphatic carbocycles. The van der Waals surface area contributed by atoms with Gasteiger partial charge in [-0.05, 0) is 24.6 Å². The van der Waals surface area contributed by atoms with Crippen molar-refractivity contribution in [3.8, 4) is 0 Å². The third kappa shape index (κ3) is 6.18. The van der Waals surface area contributed by atoms with Gasteiger partial charge in [0, 0.05) is 45.5 Å². The van der Waals surface area contributed by atoms with Gasteiger partial charge < -0.3 is 20.3 Å². The van der Waals surface area contributed by atoms with Crippen LogP contribution in [0.1, 0.15) is 12.0 Å². The van der Waals surface area contributed by atoms with E-state index in [0.29, 0.717) is 13.0 Å². The lowest BCUT2D eigenvalue weighted by molar-refractivity contribution is -0.133. The molecule has 1 aromatic carbocycles. The first-order valence-corrected chi connectivity index (χ1v) is 7.46. The molecule has 1 atom stereocenters. The average molecular weight is 364 g/mol. The smallest absolute Gasteiger partial charge is 0.225 e. The molecule has 0 aromatic heterocycles. The Labute approximate surface area is 151 Å². The topological polar surface area (TPSA) is 58.8 Å². The SMILES string of the molecule is COC(CN)CC(=O)N1CCN(c2cccc(C)c2)CC1.Cl.Cl. The van der Waals surface area contributed by atoms with Crippen molar-refractivity contribution in [2.24, 2.45) is 5.73 Å². The third-order valence-corrected chi connectivity index (χ3v) is 4.00. The number of hydrogen-bond donors (Lipinski definition) is 1. The van der Waals surface area contributed by atoms with Gasteiger partial charge in [-0.2, -0.15) is 0 Å². The monoisotopic (exact) mass is 363 g/mol. The summed E-state index contributed by atoms with van der Waals surface area (Å²) in [5.74, 6) is 0.135. The van der Waals surface area contributed by atoms with E-state index in [4.69, 9.17) is 10.5 Å². The van der Waals surface area contributed by atoms with Crippen molar-refractivity contribution in [3.05, 3.63) is 29.8 Å². The lowest BCUT2D eigenvalue weighted by Crippen LogP contribution is -2.49. The number of piperazine rings is 1. The first kappa shape index (κ1) is 22.0. The number of carbonyl (C=O) groups excluding carboxylic acids is 1. The van der Waals surface area contributed by atoms with E-state index >= 15 is 0 Å². The molecule has 1 aliphatic rings. The highest BCUT2D eigenvalue weighted by Crippen LogP contribution is 2.18. The van der Waals surface area contributed by atoms with Gasteiger partial charge >= 0.3 is 0 Å². The zero-order chi connectivity index (χ0) is 15.2. The number of aryl methyl sites for hydroxylation is 1. The Kier molecular flexibility index (Phi) is 10.2. The summed E-state index contributed by atoms with van der Waals surface area (Å²) in [6.45, 7) is 5.74. The second kappa shape index (κ2) is 10.7. The van der Waals surface area contributed by atoms with E-state index in [9.17, 15) is 4.79 Å². The highest BCUT2D eigenvalue weighted by atomic mass is 35.5. The third-order valence-electron chi connectivity index (χ3n) is 4.00. The molecular formula is C16H27Cl2N3O2. The van der Waals surface area contributed by atoms with E-state index in [1.165, 1.54) is 11.3 Å². The second-order valence-electron chi connectivity index (χ2n) is 5.50. The van der Waals surface area contributed by atoms with Gasteiger partial charge in [-0.3, -0.25) is 4.79 Å². The molecule has 23 heavy (non-hydrogen) atoms. The molecule has 1 unspecified atom stereocenters. The fraction of sp³-hybridized carbons (Fsp3) is 0.562. The molecule has 1 heterocycles. The number of anilines is 1. The van der Waals surface area contributed by atoms with Crippen LogP contribution in [-0.4, -0.2) is 56.7 Å². The van der Waals surface area contributed by atoms with Gasteiger partial charge in [0.2, 0.25) is 5.91 Å². The maximum absolute atomic E-state index is 12.2. The Hall–Kier alpha value is -1.01. The number of amides is 1. The molecule has 0 spiro atoms. The predicted molar refractivity (Wildman–Crippen MR) is 98.9 cm³/mol. The molecule has 0 radical (unpaired) electrons. The molecule has 5 nitrogen and oxygen atoms in total. The van der Waals surface area contributed by atoms with Crippen LogP contribution < -0.4 is 10.6 Å². The number of methoxy groups -OCH3 is 1. The zero-order valence-corrected chi connectivity index (χ0v) is 15.4. The summed E-state index contributed by atoms with van der Waals surface area (Å²) in [4.78, 5) is 16.4. The summed E-state index contributed by atoms with van der Waals surface area (Å²) in [6, 6.07) is 8.49. The number of rotatable bonds is 5. The number of hydrogen-bond acceptors (Lipinski definition) is 4. The van der Waals surface area contributed by atoms with Gasteiger partial charge in [0.25, 0.3) is 0 Å². The predicted octanol–water partition coefficient (Wildman–Crippen LogP) is 1.85. The quantitative estimate of drug-likeness (QED) is 0.867. The summed E-state index contributed by atoms with van der Waals surface area (Å²) < 4.78 is 5.18. The summed E-state index contributed by atoms with van der Waals surface area (Å²) in [5, 5.41) is 0. The minimum atomic E-state index is -0.174. The van der Waals surface area contributed by atoms with Crippen molar-refractivity contribution in [3.63, 3.8) is 0 Å². The van der Waals surface area contributed by atoms with Gasteiger partial charge in [0.05, 0.1) is 12.5 Å². The Bertz CT molecular complexity index is 476. The Morgan fingerprint density at radius 1 is 1.26 bits per heavy atom. The van der Waals surface area contributed by atoms with E-state index in [0.717, 1.165) is 26.2 Å². The number of ether oxygens (including phenoxy) is 1. The van der Waals surface area contributed by atoms with Crippen LogP contribution in [0.3, 0.4) is 0 Å². The van der Waals surface area contributed by atoms with Crippen molar-refractivity contribution in [1.82, 2.24) is 4.90 Å². The van der Waals surface area contributed by atoms with E-state index < -0.39 is 0 Å². The summed E-state index contributed by atoms with van der Waals surface area (Å²) in [5.41, 5.74) is 8.07. The van der Waals surface area contributed by atoms with Gasteiger partial charge in [-0.15, -0.1) is 24.8 Å². The number of carbonyl (C=O) groups is 1. The van der Waals surface area contributed by atoms with Crippen molar-refractivity contribution in [1.29, 1.82) is 0 Å².